The first kappa shape index (κ1) is 17.0. The molecule has 1 fully saturated rings. The predicted molar refractivity (Wildman–Crippen MR) is 90.7 cm³/mol. The van der Waals surface area contributed by atoms with Crippen LogP contribution in [0, 0.1) is 18.3 Å². The van der Waals surface area contributed by atoms with Crippen LogP contribution >= 0.6 is 11.3 Å². The Labute approximate surface area is 137 Å². The van der Waals surface area contributed by atoms with Gasteiger partial charge in [-0.05, 0) is 25.9 Å². The van der Waals surface area contributed by atoms with Crippen LogP contribution in [-0.4, -0.2) is 35.4 Å². The Balaban J connectivity index is 1.79. The third-order valence-corrected chi connectivity index (χ3v) is 4.86. The number of nitrogens with one attached hydrogen (secondary N) is 1. The van der Waals surface area contributed by atoms with Crippen molar-refractivity contribution in [2.75, 3.05) is 19.6 Å². The summed E-state index contributed by atoms with van der Waals surface area (Å²) in [6, 6.07) is 0. The molecule has 0 spiro atoms. The molecule has 0 unspecified atom stereocenters. The molecule has 1 aromatic rings. The number of nitrogens with zero attached hydrogens (tertiary/aromatic N) is 2. The lowest BCUT2D eigenvalue weighted by molar-refractivity contribution is -0.126. The molecule has 0 aromatic carbocycles. The van der Waals surface area contributed by atoms with Crippen LogP contribution in [0.3, 0.4) is 0 Å². The zero-order chi connectivity index (χ0) is 16.2. The van der Waals surface area contributed by atoms with Gasteiger partial charge in [-0.2, -0.15) is 0 Å². The average molecular weight is 319 g/mol. The average Bonchev–Trinajstić information content (AvgIpc) is 2.95. The lowest BCUT2D eigenvalue weighted by Gasteiger charge is -2.29. The predicted octanol–water partition coefficient (Wildman–Crippen LogP) is 2.40. The molecule has 0 aliphatic carbocycles. The molecule has 1 N–H and O–H groups in total. The van der Waals surface area contributed by atoms with Gasteiger partial charge in [0.05, 0.1) is 18.8 Å². The van der Waals surface area contributed by atoms with Crippen molar-refractivity contribution in [3.63, 3.8) is 0 Å². The maximum absolute atomic E-state index is 12.2. The number of aromatic nitrogens is 1. The highest BCUT2D eigenvalue weighted by molar-refractivity contribution is 7.09. The Kier molecular flexibility index (Phi) is 5.60. The third-order valence-electron chi connectivity index (χ3n) is 4.01. The first-order valence-corrected chi connectivity index (χ1v) is 8.66. The summed E-state index contributed by atoms with van der Waals surface area (Å²) >= 11 is 1.62. The number of hydrogen-bond donors (Lipinski definition) is 1. The van der Waals surface area contributed by atoms with E-state index in [0.29, 0.717) is 13.1 Å². The van der Waals surface area contributed by atoms with Crippen LogP contribution in [0.5, 0.6) is 0 Å². The fourth-order valence-electron chi connectivity index (χ4n) is 2.53. The Bertz CT molecular complexity index is 545. The van der Waals surface area contributed by atoms with Crippen molar-refractivity contribution in [1.82, 2.24) is 15.2 Å². The second kappa shape index (κ2) is 7.26. The van der Waals surface area contributed by atoms with Gasteiger partial charge >= 0.3 is 0 Å². The molecule has 1 amide bonds. The molecule has 0 saturated carbocycles. The fourth-order valence-corrected chi connectivity index (χ4v) is 3.49. The van der Waals surface area contributed by atoms with Crippen LogP contribution in [0.15, 0.2) is 5.38 Å². The molecule has 1 aromatic heterocycles. The smallest absolute Gasteiger partial charge is 0.223 e. The summed E-state index contributed by atoms with van der Waals surface area (Å²) in [7, 11) is 0. The van der Waals surface area contributed by atoms with Crippen LogP contribution < -0.4 is 5.32 Å². The van der Waals surface area contributed by atoms with Gasteiger partial charge in [-0.3, -0.25) is 9.69 Å². The minimum Gasteiger partial charge on any atom is -0.349 e. The van der Waals surface area contributed by atoms with Crippen molar-refractivity contribution in [1.29, 1.82) is 0 Å². The molecule has 22 heavy (non-hydrogen) atoms. The van der Waals surface area contributed by atoms with E-state index in [2.05, 4.69) is 47.3 Å². The fraction of sp³-hybridized carbons (Fsp3) is 0.647. The summed E-state index contributed by atoms with van der Waals surface area (Å²) in [5.74, 6) is 2.91. The van der Waals surface area contributed by atoms with E-state index in [9.17, 15) is 4.79 Å². The monoisotopic (exact) mass is 319 g/mol. The molecular weight excluding hydrogens is 294 g/mol. The van der Waals surface area contributed by atoms with Gasteiger partial charge in [0.1, 0.15) is 5.01 Å². The Hall–Kier alpha value is -1.38. The van der Waals surface area contributed by atoms with Crippen molar-refractivity contribution < 1.29 is 4.79 Å². The molecule has 0 bridgehead atoms. The lowest BCUT2D eigenvalue weighted by atomic mass is 9.93. The van der Waals surface area contributed by atoms with Gasteiger partial charge in [0.15, 0.2) is 0 Å². The van der Waals surface area contributed by atoms with Gasteiger partial charge in [-0.15, -0.1) is 17.8 Å². The molecule has 0 atom stereocenters. The Morgan fingerprint density at radius 3 is 2.73 bits per heavy atom. The van der Waals surface area contributed by atoms with E-state index in [1.807, 2.05) is 0 Å². The first-order valence-electron chi connectivity index (χ1n) is 7.78. The molecule has 1 saturated heterocycles. The molecule has 1 aliphatic rings. The van der Waals surface area contributed by atoms with E-state index >= 15 is 0 Å². The number of hydrogen-bond acceptors (Lipinski definition) is 4. The quantitative estimate of drug-likeness (QED) is 0.867. The number of carbonyl (C=O) groups is 1. The zero-order valence-corrected chi connectivity index (χ0v) is 14.5. The summed E-state index contributed by atoms with van der Waals surface area (Å²) in [5, 5.41) is 6.09. The van der Waals surface area contributed by atoms with E-state index < -0.39 is 0 Å². The SMILES string of the molecule is C#CCN1CCC(C(=O)NCc2nc(C(C)(C)C)cs2)CC1. The topological polar surface area (TPSA) is 45.2 Å². The molecule has 0 radical (unpaired) electrons. The second-order valence-corrected chi connectivity index (χ2v) is 7.79. The maximum atomic E-state index is 12.2. The molecule has 2 rings (SSSR count). The number of amides is 1. The standard InChI is InChI=1S/C17H25N3OS/c1-5-8-20-9-6-13(7-10-20)16(21)18-11-15-19-14(12-22-15)17(2,3)4/h1,12-13H,6-11H2,2-4H3,(H,18,21). The Morgan fingerprint density at radius 1 is 1.50 bits per heavy atom. The van der Waals surface area contributed by atoms with Gasteiger partial charge in [-0.25, -0.2) is 4.98 Å². The largest absolute Gasteiger partial charge is 0.349 e. The normalized spacial score (nSPS) is 17.2. The van der Waals surface area contributed by atoms with E-state index in [1.54, 1.807) is 11.3 Å². The maximum Gasteiger partial charge on any atom is 0.223 e. The summed E-state index contributed by atoms with van der Waals surface area (Å²) in [5.41, 5.74) is 1.15. The van der Waals surface area contributed by atoms with Crippen LogP contribution in [0.1, 0.15) is 44.3 Å². The van der Waals surface area contributed by atoms with E-state index in [4.69, 9.17) is 6.42 Å². The number of carbonyl (C=O) groups excluding carboxylic acids is 1. The number of thiazole rings is 1. The van der Waals surface area contributed by atoms with E-state index in [1.165, 1.54) is 0 Å². The highest BCUT2D eigenvalue weighted by Gasteiger charge is 2.24. The van der Waals surface area contributed by atoms with Crippen LogP contribution in [-0.2, 0) is 16.8 Å². The number of rotatable bonds is 4. The molecule has 1 aliphatic heterocycles. The van der Waals surface area contributed by atoms with E-state index in [-0.39, 0.29) is 17.2 Å². The van der Waals surface area contributed by atoms with Crippen molar-refractivity contribution in [3.05, 3.63) is 16.1 Å². The number of terminal acetylenes is 1. The van der Waals surface area contributed by atoms with Gasteiger partial charge in [0.25, 0.3) is 0 Å². The van der Waals surface area contributed by atoms with Crippen molar-refractivity contribution in [3.8, 4) is 12.3 Å². The van der Waals surface area contributed by atoms with Gasteiger partial charge < -0.3 is 5.32 Å². The highest BCUT2D eigenvalue weighted by Crippen LogP contribution is 2.24. The van der Waals surface area contributed by atoms with Crippen molar-refractivity contribution >= 4 is 17.2 Å². The number of piperidine rings is 1. The second-order valence-electron chi connectivity index (χ2n) is 6.85. The molecule has 4 nitrogen and oxygen atoms in total. The van der Waals surface area contributed by atoms with Crippen molar-refractivity contribution in [2.45, 2.75) is 45.6 Å². The minimum atomic E-state index is 0.0581. The van der Waals surface area contributed by atoms with Crippen LogP contribution in [0.2, 0.25) is 0 Å². The molecular formula is C17H25N3OS. The summed E-state index contributed by atoms with van der Waals surface area (Å²) in [4.78, 5) is 19.1. The summed E-state index contributed by atoms with van der Waals surface area (Å²) in [6.45, 7) is 9.48. The van der Waals surface area contributed by atoms with Crippen molar-refractivity contribution in [2.24, 2.45) is 5.92 Å². The highest BCUT2D eigenvalue weighted by atomic mass is 32.1. The van der Waals surface area contributed by atoms with Gasteiger partial charge in [-0.1, -0.05) is 26.7 Å². The van der Waals surface area contributed by atoms with Crippen LogP contribution in [0.25, 0.3) is 0 Å². The minimum absolute atomic E-state index is 0.0581. The molecule has 120 valence electrons. The zero-order valence-electron chi connectivity index (χ0n) is 13.7. The third kappa shape index (κ3) is 4.56. The van der Waals surface area contributed by atoms with E-state index in [0.717, 1.165) is 36.6 Å². The van der Waals surface area contributed by atoms with Gasteiger partial charge in [0.2, 0.25) is 5.91 Å². The molecule has 2 heterocycles. The Morgan fingerprint density at radius 2 is 2.18 bits per heavy atom. The number of likely N-dealkylation sites (tertiary alicyclic amines) is 1. The molecule has 5 heteroatoms. The summed E-state index contributed by atoms with van der Waals surface area (Å²) in [6.07, 6.45) is 7.10. The first-order chi connectivity index (χ1) is 10.4. The lowest BCUT2D eigenvalue weighted by Crippen LogP contribution is -2.40. The van der Waals surface area contributed by atoms with Crippen LogP contribution in [0.4, 0.5) is 0 Å². The summed E-state index contributed by atoms with van der Waals surface area (Å²) < 4.78 is 0. The van der Waals surface area contributed by atoms with Gasteiger partial charge in [0, 0.05) is 16.7 Å².